The molecule has 20 heteroatoms. The first-order valence-corrected chi connectivity index (χ1v) is 24.8. The van der Waals surface area contributed by atoms with Crippen molar-refractivity contribution < 1.29 is 63.7 Å². The number of likely N-dealkylation sites (N-methyl/N-ethyl adjacent to an activating group) is 2. The maximum atomic E-state index is 14.5. The number of carbonyl (C=O) groups excluding carboxylic acids is 1. The molecule has 0 amide bonds. The standard InChI is InChI=1S/C50H82N6O14/c1-14-39-50(10,62)43(58)33(6)54(12)27-29(2)25-48(8,61)45(31(4)42(32(5)46(60)68-39)69-40-26-49(9,65-13)44(59)34(7)67-40)70-47-41(57)38(24-30(3)66-47)53(11)22-15-16-36-28-55(52-51-36)23-21-35-17-19-37(20-18-35)56(63)64/h15-20,28-34,38-45,47,57-59,61-62H,14,21-27H2,1-13H3/b16-15+/t29-,30-,31+,32-,33-,34+,38+,39-,40+,41-,42+,43-,44+,45-,47+,48-,49-,50-/m1/s1. The van der Waals surface area contributed by atoms with Crippen molar-refractivity contribution in [2.45, 2.75) is 198 Å². The monoisotopic (exact) mass is 991 g/mol. The normalized spacial score (nSPS) is 39.9. The minimum atomic E-state index is -1.84. The fraction of sp³-hybridized carbons (Fsp3) is 0.780. The van der Waals surface area contributed by atoms with E-state index in [4.69, 9.17) is 28.4 Å². The van der Waals surface area contributed by atoms with Crippen molar-refractivity contribution in [2.24, 2.45) is 17.8 Å². The Labute approximate surface area is 413 Å². The van der Waals surface area contributed by atoms with Crippen LogP contribution in [0.3, 0.4) is 0 Å². The van der Waals surface area contributed by atoms with E-state index in [2.05, 4.69) is 10.3 Å². The molecule has 3 fully saturated rings. The Bertz CT molecular complexity index is 2020. The lowest BCUT2D eigenvalue weighted by Gasteiger charge is -2.49. The van der Waals surface area contributed by atoms with E-state index in [1.807, 2.05) is 56.1 Å². The largest absolute Gasteiger partial charge is 0.459 e. The summed E-state index contributed by atoms with van der Waals surface area (Å²) in [5, 5.41) is 79.0. The van der Waals surface area contributed by atoms with Crippen molar-refractivity contribution in [1.82, 2.24) is 24.8 Å². The number of non-ortho nitro benzene ring substituents is 1. The Hall–Kier alpha value is -3.51. The molecular formula is C50H82N6O14. The number of methoxy groups -OCH3 is 1. The molecule has 0 spiro atoms. The first-order chi connectivity index (χ1) is 32.7. The Kier molecular flexibility index (Phi) is 19.7. The SMILES string of the molecule is CC[C@H]1OC(=O)[C@H](C)[C@@H](O[C@H]2C[C@@](C)(OC)[C@@H](O)[C@H](C)O2)[C@H](C)[C@@H](O[C@@H]2O[C@H](C)C[C@H](N(C)C/C=C/c3cn(CCc4ccc([N+](=O)[O-])cc4)nn3)[C@H]2O)[C@](C)(O)C[C@@H](C)CN(C)[C@H](C)[C@@H](O)[C@]1(C)O. The van der Waals surface area contributed by atoms with Gasteiger partial charge in [-0.1, -0.05) is 44.2 Å². The summed E-state index contributed by atoms with van der Waals surface area (Å²) >= 11 is 0. The zero-order valence-corrected chi connectivity index (χ0v) is 43.5. The highest BCUT2D eigenvalue weighted by atomic mass is 16.7. The van der Waals surface area contributed by atoms with Gasteiger partial charge in [-0.15, -0.1) is 5.10 Å². The van der Waals surface area contributed by atoms with Crippen LogP contribution >= 0.6 is 0 Å². The van der Waals surface area contributed by atoms with Gasteiger partial charge in [-0.25, -0.2) is 0 Å². The molecule has 5 N–H and O–H groups in total. The van der Waals surface area contributed by atoms with Gasteiger partial charge in [0.25, 0.3) is 5.69 Å². The van der Waals surface area contributed by atoms with Gasteiger partial charge in [0, 0.05) is 63.3 Å². The number of ether oxygens (including phenoxy) is 6. The van der Waals surface area contributed by atoms with E-state index in [-0.39, 0.29) is 37.0 Å². The number of aromatic nitrogens is 3. The molecule has 0 unspecified atom stereocenters. The van der Waals surface area contributed by atoms with Crippen LogP contribution in [0.1, 0.15) is 106 Å². The highest BCUT2D eigenvalue weighted by molar-refractivity contribution is 5.73. The van der Waals surface area contributed by atoms with Crippen molar-refractivity contribution in [3.05, 3.63) is 57.9 Å². The summed E-state index contributed by atoms with van der Waals surface area (Å²) in [6, 6.07) is 5.38. The van der Waals surface area contributed by atoms with Crippen molar-refractivity contribution in [1.29, 1.82) is 0 Å². The number of hydrogen-bond acceptors (Lipinski definition) is 18. The first kappa shape index (κ1) is 57.4. The number of aliphatic hydroxyl groups is 5. The number of benzene rings is 1. The molecule has 3 aliphatic heterocycles. The number of esters is 1. The third kappa shape index (κ3) is 13.8. The second kappa shape index (κ2) is 24.0. The van der Waals surface area contributed by atoms with E-state index >= 15 is 0 Å². The molecule has 0 saturated carbocycles. The summed E-state index contributed by atoms with van der Waals surface area (Å²) in [5.74, 6) is -2.82. The Morgan fingerprint density at radius 3 is 2.30 bits per heavy atom. The van der Waals surface area contributed by atoms with E-state index in [0.717, 1.165) is 5.56 Å². The molecule has 2 aromatic rings. The Morgan fingerprint density at radius 2 is 1.67 bits per heavy atom. The molecule has 0 bridgehead atoms. The van der Waals surface area contributed by atoms with Crippen LogP contribution in [0, 0.1) is 27.9 Å². The number of hydrogen-bond donors (Lipinski definition) is 5. The van der Waals surface area contributed by atoms with E-state index in [9.17, 15) is 40.4 Å². The summed E-state index contributed by atoms with van der Waals surface area (Å²) in [5.41, 5.74) is -2.95. The van der Waals surface area contributed by atoms with Gasteiger partial charge in [-0.2, -0.15) is 0 Å². The third-order valence-corrected chi connectivity index (χ3v) is 15.1. The summed E-state index contributed by atoms with van der Waals surface area (Å²) in [6.45, 7) is 18.8. The molecule has 3 aliphatic rings. The fourth-order valence-corrected chi connectivity index (χ4v) is 10.7. The van der Waals surface area contributed by atoms with Gasteiger partial charge < -0.3 is 58.9 Å². The van der Waals surface area contributed by atoms with Gasteiger partial charge in [0.1, 0.15) is 35.7 Å². The molecule has 4 heterocycles. The smallest absolute Gasteiger partial charge is 0.311 e. The van der Waals surface area contributed by atoms with Crippen LogP contribution in [0.15, 0.2) is 36.5 Å². The molecule has 70 heavy (non-hydrogen) atoms. The lowest BCUT2D eigenvalue weighted by atomic mass is 9.77. The molecule has 1 aromatic heterocycles. The molecule has 18 atom stereocenters. The number of rotatable bonds is 14. The van der Waals surface area contributed by atoms with Crippen LogP contribution in [-0.2, 0) is 46.2 Å². The lowest BCUT2D eigenvalue weighted by molar-refractivity contribution is -0.384. The number of aryl methyl sites for hydroxylation is 2. The Balaban J connectivity index is 1.42. The van der Waals surface area contributed by atoms with Crippen LogP contribution in [0.2, 0.25) is 0 Å². The molecule has 5 rings (SSSR count). The third-order valence-electron chi connectivity index (χ3n) is 15.1. The molecule has 1 aromatic carbocycles. The van der Waals surface area contributed by atoms with Crippen LogP contribution in [0.25, 0.3) is 6.08 Å². The molecule has 0 radical (unpaired) electrons. The van der Waals surface area contributed by atoms with Crippen molar-refractivity contribution >= 4 is 17.7 Å². The summed E-state index contributed by atoms with van der Waals surface area (Å²) in [6.07, 6.45) is -3.04. The van der Waals surface area contributed by atoms with Gasteiger partial charge in [-0.05, 0) is 106 Å². The van der Waals surface area contributed by atoms with Gasteiger partial charge in [0.15, 0.2) is 12.6 Å². The number of nitro groups is 1. The molecule has 20 nitrogen and oxygen atoms in total. The zero-order valence-electron chi connectivity index (χ0n) is 43.5. The van der Waals surface area contributed by atoms with Crippen LogP contribution in [0.4, 0.5) is 5.69 Å². The van der Waals surface area contributed by atoms with E-state index in [1.54, 1.807) is 65.3 Å². The predicted octanol–water partition coefficient (Wildman–Crippen LogP) is 3.73. The minimum absolute atomic E-state index is 0.0367. The fourth-order valence-electron chi connectivity index (χ4n) is 10.7. The van der Waals surface area contributed by atoms with Gasteiger partial charge in [0.05, 0.1) is 52.7 Å². The van der Waals surface area contributed by atoms with Crippen LogP contribution < -0.4 is 0 Å². The van der Waals surface area contributed by atoms with Crippen LogP contribution in [0.5, 0.6) is 0 Å². The van der Waals surface area contributed by atoms with E-state index in [0.29, 0.717) is 38.2 Å². The number of cyclic esters (lactones) is 1. The van der Waals surface area contributed by atoms with Gasteiger partial charge in [0.2, 0.25) is 0 Å². The molecule has 3 saturated heterocycles. The lowest BCUT2D eigenvalue weighted by Crippen LogP contribution is -2.60. The van der Waals surface area contributed by atoms with Gasteiger partial charge in [-0.3, -0.25) is 24.5 Å². The van der Waals surface area contributed by atoms with E-state index in [1.165, 1.54) is 26.2 Å². The highest BCUT2D eigenvalue weighted by Crippen LogP contribution is 2.40. The maximum absolute atomic E-state index is 14.5. The first-order valence-electron chi connectivity index (χ1n) is 24.8. The average molecular weight is 991 g/mol. The number of aliphatic hydroxyl groups excluding tert-OH is 3. The summed E-state index contributed by atoms with van der Waals surface area (Å²) in [7, 11) is 5.21. The van der Waals surface area contributed by atoms with E-state index < -0.39 is 107 Å². The van der Waals surface area contributed by atoms with Crippen molar-refractivity contribution in [2.75, 3.05) is 34.3 Å². The second-order valence-corrected chi connectivity index (χ2v) is 21.1. The number of carbonyl (C=O) groups is 1. The minimum Gasteiger partial charge on any atom is -0.459 e. The number of nitro benzene ring substituents is 1. The van der Waals surface area contributed by atoms with Gasteiger partial charge >= 0.3 is 5.97 Å². The second-order valence-electron chi connectivity index (χ2n) is 21.1. The summed E-state index contributed by atoms with van der Waals surface area (Å²) in [4.78, 5) is 28.9. The predicted molar refractivity (Wildman–Crippen MR) is 259 cm³/mol. The quantitative estimate of drug-likeness (QED) is 0.103. The van der Waals surface area contributed by atoms with Crippen molar-refractivity contribution in [3.8, 4) is 0 Å². The molecular weight excluding hydrogens is 909 g/mol. The molecule has 0 aliphatic carbocycles. The highest BCUT2D eigenvalue weighted by Gasteiger charge is 2.53. The topological polar surface area (TPSA) is 254 Å². The van der Waals surface area contributed by atoms with Crippen LogP contribution in [-0.4, -0.2) is 186 Å². The summed E-state index contributed by atoms with van der Waals surface area (Å²) < 4.78 is 39.9. The Morgan fingerprint density at radius 1 is 1.00 bits per heavy atom. The number of nitrogens with zero attached hydrogens (tertiary/aromatic N) is 6. The molecule has 396 valence electrons. The zero-order chi connectivity index (χ0) is 52.0. The van der Waals surface area contributed by atoms with Crippen molar-refractivity contribution in [3.63, 3.8) is 0 Å². The maximum Gasteiger partial charge on any atom is 0.311 e. The average Bonchev–Trinajstić information content (AvgIpc) is 3.76.